The van der Waals surface area contributed by atoms with Crippen LogP contribution in [0.2, 0.25) is 0 Å². The molecule has 5 aromatic rings. The van der Waals surface area contributed by atoms with E-state index in [0.29, 0.717) is 12.1 Å². The van der Waals surface area contributed by atoms with Crippen LogP contribution in [0.25, 0.3) is 10.9 Å². The van der Waals surface area contributed by atoms with Crippen LogP contribution in [-0.2, 0) is 10.0 Å². The number of fused-ring (bicyclic) bond motifs is 1. The minimum absolute atomic E-state index is 0.211. The number of aromatic nitrogens is 1. The largest absolute Gasteiger partial charge is 0.497 e. The van der Waals surface area contributed by atoms with Gasteiger partial charge in [0, 0.05) is 24.0 Å². The van der Waals surface area contributed by atoms with Crippen molar-refractivity contribution in [3.05, 3.63) is 126 Å². The van der Waals surface area contributed by atoms with E-state index in [-0.39, 0.29) is 10.8 Å². The Kier molecular flexibility index (Phi) is 7.81. The first-order valence-corrected chi connectivity index (χ1v) is 15.5. The highest BCUT2D eigenvalue weighted by molar-refractivity contribution is 7.90. The van der Waals surface area contributed by atoms with Crippen LogP contribution in [-0.4, -0.2) is 50.6 Å². The molecule has 1 fully saturated rings. The van der Waals surface area contributed by atoms with E-state index in [4.69, 9.17) is 9.47 Å². The predicted molar refractivity (Wildman–Crippen MR) is 163 cm³/mol. The molecule has 0 bridgehead atoms. The highest BCUT2D eigenvalue weighted by Gasteiger charge is 2.26. The molecule has 2 heterocycles. The summed E-state index contributed by atoms with van der Waals surface area (Å²) in [6.07, 6.45) is 4.32. The molecule has 1 unspecified atom stereocenters. The van der Waals surface area contributed by atoms with Crippen LogP contribution >= 0.6 is 0 Å². The first-order valence-electron chi connectivity index (χ1n) is 14.0. The molecule has 0 N–H and O–H groups in total. The Hall–Kier alpha value is -4.07. The number of hydrogen-bond acceptors (Lipinski definition) is 5. The van der Waals surface area contributed by atoms with E-state index in [2.05, 4.69) is 17.0 Å². The van der Waals surface area contributed by atoms with Gasteiger partial charge in [-0.1, -0.05) is 60.7 Å². The smallest absolute Gasteiger partial charge is 0.268 e. The van der Waals surface area contributed by atoms with Gasteiger partial charge in [-0.3, -0.25) is 4.90 Å². The summed E-state index contributed by atoms with van der Waals surface area (Å²) >= 11 is 0. The molecule has 1 atom stereocenters. The van der Waals surface area contributed by atoms with Crippen LogP contribution in [0.4, 0.5) is 0 Å². The van der Waals surface area contributed by atoms with Crippen LogP contribution in [0.15, 0.2) is 114 Å². The summed E-state index contributed by atoms with van der Waals surface area (Å²) in [6.45, 7) is 3.90. The second kappa shape index (κ2) is 11.8. The van der Waals surface area contributed by atoms with E-state index >= 15 is 0 Å². The number of ether oxygens (including phenoxy) is 2. The minimum Gasteiger partial charge on any atom is -0.497 e. The zero-order valence-corrected chi connectivity index (χ0v) is 24.0. The summed E-state index contributed by atoms with van der Waals surface area (Å²) in [4.78, 5) is 2.69. The van der Waals surface area contributed by atoms with Gasteiger partial charge in [0.25, 0.3) is 10.0 Å². The fourth-order valence-electron chi connectivity index (χ4n) is 5.71. The molecule has 6 rings (SSSR count). The Morgan fingerprint density at radius 1 is 0.756 bits per heavy atom. The average molecular weight is 567 g/mol. The van der Waals surface area contributed by atoms with Crippen molar-refractivity contribution < 1.29 is 17.9 Å². The normalized spacial score (nSPS) is 14.8. The van der Waals surface area contributed by atoms with Gasteiger partial charge in [0.05, 0.1) is 17.5 Å². The quantitative estimate of drug-likeness (QED) is 0.192. The summed E-state index contributed by atoms with van der Waals surface area (Å²) in [6, 6.07) is 32.4. The first-order chi connectivity index (χ1) is 20.0. The van der Waals surface area contributed by atoms with Gasteiger partial charge in [0.15, 0.2) is 0 Å². The van der Waals surface area contributed by atoms with E-state index in [1.165, 1.54) is 16.8 Å². The molecule has 41 heavy (non-hydrogen) atoms. The standard InChI is InChI=1S/C34H34N2O4S/c1-39-28-17-13-26(14-18-28)34(27-15-19-29(20-16-27)40-24-23-35-21-7-8-22-35)32-25-36(33-12-6-5-11-31(32)33)41(37,38)30-9-3-2-4-10-30/h2-6,9-20,25,34H,7-8,21-24H2,1H3. The molecule has 1 saturated heterocycles. The van der Waals surface area contributed by atoms with E-state index in [9.17, 15) is 8.42 Å². The van der Waals surface area contributed by atoms with Crippen LogP contribution in [0.1, 0.15) is 35.4 Å². The van der Waals surface area contributed by atoms with Crippen LogP contribution in [0.3, 0.4) is 0 Å². The van der Waals surface area contributed by atoms with Gasteiger partial charge >= 0.3 is 0 Å². The van der Waals surface area contributed by atoms with Gasteiger partial charge in [0.1, 0.15) is 18.1 Å². The van der Waals surface area contributed by atoms with Gasteiger partial charge in [0.2, 0.25) is 0 Å². The highest BCUT2D eigenvalue weighted by atomic mass is 32.2. The predicted octanol–water partition coefficient (Wildman–Crippen LogP) is 6.54. The van der Waals surface area contributed by atoms with Gasteiger partial charge in [-0.15, -0.1) is 0 Å². The molecule has 1 aliphatic heterocycles. The molecule has 0 amide bonds. The molecule has 6 nitrogen and oxygen atoms in total. The lowest BCUT2D eigenvalue weighted by Crippen LogP contribution is -2.25. The summed E-state index contributed by atoms with van der Waals surface area (Å²) in [7, 11) is -2.15. The fraction of sp³-hybridized carbons (Fsp3) is 0.235. The molecule has 0 saturated carbocycles. The van der Waals surface area contributed by atoms with Crippen molar-refractivity contribution in [3.8, 4) is 11.5 Å². The Balaban J connectivity index is 1.41. The fourth-order valence-corrected chi connectivity index (χ4v) is 7.11. The third-order valence-corrected chi connectivity index (χ3v) is 9.55. The summed E-state index contributed by atoms with van der Waals surface area (Å²) in [5.74, 6) is 1.38. The Labute approximate surface area is 241 Å². The zero-order chi connectivity index (χ0) is 28.2. The molecule has 210 valence electrons. The van der Waals surface area contributed by atoms with Crippen molar-refractivity contribution in [2.45, 2.75) is 23.7 Å². The number of benzene rings is 4. The monoisotopic (exact) mass is 566 g/mol. The SMILES string of the molecule is COc1ccc(C(c2ccc(OCCN3CCCC3)cc2)c2cn(S(=O)(=O)c3ccccc3)c3ccccc23)cc1. The molecule has 0 aliphatic carbocycles. The van der Waals surface area contributed by atoms with Crippen molar-refractivity contribution in [2.75, 3.05) is 33.4 Å². The number of rotatable bonds is 10. The molecular formula is C34H34N2O4S. The van der Waals surface area contributed by atoms with Crippen LogP contribution < -0.4 is 9.47 Å². The Morgan fingerprint density at radius 3 is 2.02 bits per heavy atom. The molecule has 4 aromatic carbocycles. The topological polar surface area (TPSA) is 60.8 Å². The minimum atomic E-state index is -3.80. The maximum absolute atomic E-state index is 13.8. The second-order valence-electron chi connectivity index (χ2n) is 10.4. The Bertz CT molecular complexity index is 1710. The number of methoxy groups -OCH3 is 1. The van der Waals surface area contributed by atoms with Gasteiger partial charge in [-0.2, -0.15) is 0 Å². The second-order valence-corrected chi connectivity index (χ2v) is 12.2. The molecule has 1 aliphatic rings. The van der Waals surface area contributed by atoms with E-state index < -0.39 is 10.0 Å². The molecule has 0 radical (unpaired) electrons. The number of nitrogens with zero attached hydrogens (tertiary/aromatic N) is 2. The number of hydrogen-bond donors (Lipinski definition) is 0. The lowest BCUT2D eigenvalue weighted by molar-refractivity contribution is 0.238. The van der Waals surface area contributed by atoms with E-state index in [0.717, 1.165) is 53.2 Å². The number of para-hydroxylation sites is 1. The van der Waals surface area contributed by atoms with Crippen LogP contribution in [0.5, 0.6) is 11.5 Å². The number of likely N-dealkylation sites (tertiary alicyclic amines) is 1. The maximum atomic E-state index is 13.8. The van der Waals surface area contributed by atoms with Gasteiger partial charge < -0.3 is 9.47 Å². The van der Waals surface area contributed by atoms with Crippen molar-refractivity contribution in [2.24, 2.45) is 0 Å². The van der Waals surface area contributed by atoms with E-state index in [1.54, 1.807) is 37.6 Å². The highest BCUT2D eigenvalue weighted by Crippen LogP contribution is 2.39. The van der Waals surface area contributed by atoms with Crippen molar-refractivity contribution >= 4 is 20.9 Å². The van der Waals surface area contributed by atoms with Crippen LogP contribution in [0, 0.1) is 0 Å². The average Bonchev–Trinajstić information content (AvgIpc) is 3.68. The third-order valence-electron chi connectivity index (χ3n) is 7.86. The Morgan fingerprint density at radius 2 is 1.37 bits per heavy atom. The third kappa shape index (κ3) is 5.60. The molecule has 7 heteroatoms. The van der Waals surface area contributed by atoms with Crippen molar-refractivity contribution in [1.29, 1.82) is 0 Å². The first kappa shape index (κ1) is 27.1. The van der Waals surface area contributed by atoms with Crippen molar-refractivity contribution in [3.63, 3.8) is 0 Å². The molecular weight excluding hydrogens is 532 g/mol. The van der Waals surface area contributed by atoms with Gasteiger partial charge in [-0.05, 0) is 85.1 Å². The zero-order valence-electron chi connectivity index (χ0n) is 23.1. The van der Waals surface area contributed by atoms with Crippen molar-refractivity contribution in [1.82, 2.24) is 8.87 Å². The molecule has 0 spiro atoms. The summed E-state index contributed by atoms with van der Waals surface area (Å²) in [5.41, 5.74) is 3.63. The van der Waals surface area contributed by atoms with E-state index in [1.807, 2.05) is 66.7 Å². The van der Waals surface area contributed by atoms with Gasteiger partial charge in [-0.25, -0.2) is 12.4 Å². The lowest BCUT2D eigenvalue weighted by atomic mass is 9.85. The maximum Gasteiger partial charge on any atom is 0.268 e. The lowest BCUT2D eigenvalue weighted by Gasteiger charge is -2.19. The molecule has 1 aromatic heterocycles. The summed E-state index contributed by atoms with van der Waals surface area (Å²) in [5, 5.41) is 0.888. The summed E-state index contributed by atoms with van der Waals surface area (Å²) < 4.78 is 40.5.